The molecule has 0 spiro atoms. The summed E-state index contributed by atoms with van der Waals surface area (Å²) in [6, 6.07) is 5.76. The summed E-state index contributed by atoms with van der Waals surface area (Å²) in [5.41, 5.74) is 1.77. The minimum absolute atomic E-state index is 0.156. The Kier molecular flexibility index (Phi) is 9.29. The quantitative estimate of drug-likeness (QED) is 0.463. The first kappa shape index (κ1) is 22.7. The molecule has 2 rings (SSSR count). The Hall–Kier alpha value is -1.56. The first-order valence-corrected chi connectivity index (χ1v) is 10.4. The number of halogens is 1. The molecule has 0 bridgehead atoms. The molecule has 1 unspecified atom stereocenters. The second kappa shape index (κ2) is 11.4. The molecule has 1 saturated heterocycles. The highest BCUT2D eigenvalue weighted by atomic mass is 35.5. The van der Waals surface area contributed by atoms with Crippen molar-refractivity contribution < 1.29 is 14.3 Å². The number of carbonyl (C=O) groups is 1. The van der Waals surface area contributed by atoms with Crippen molar-refractivity contribution >= 4 is 17.5 Å². The lowest BCUT2D eigenvalue weighted by Gasteiger charge is -2.36. The Bertz CT molecular complexity index is 657. The van der Waals surface area contributed by atoms with E-state index in [1.54, 1.807) is 25.3 Å². The van der Waals surface area contributed by atoms with E-state index in [9.17, 15) is 4.79 Å². The number of rotatable bonds is 10. The van der Waals surface area contributed by atoms with Gasteiger partial charge in [-0.25, -0.2) is 0 Å². The van der Waals surface area contributed by atoms with E-state index in [1.807, 2.05) is 0 Å². The summed E-state index contributed by atoms with van der Waals surface area (Å²) in [6.07, 6.45) is 4.35. The number of benzene rings is 1. The van der Waals surface area contributed by atoms with Gasteiger partial charge in [0, 0.05) is 38.3 Å². The van der Waals surface area contributed by atoms with Crippen molar-refractivity contribution in [1.29, 1.82) is 0 Å². The number of likely N-dealkylation sites (tertiary alicyclic amines) is 1. The van der Waals surface area contributed by atoms with Gasteiger partial charge in [0.25, 0.3) is 5.91 Å². The van der Waals surface area contributed by atoms with Gasteiger partial charge in [-0.3, -0.25) is 4.79 Å². The topological polar surface area (TPSA) is 50.8 Å². The van der Waals surface area contributed by atoms with Gasteiger partial charge in [-0.15, -0.1) is 6.58 Å². The predicted octanol–water partition coefficient (Wildman–Crippen LogP) is 4.30. The van der Waals surface area contributed by atoms with Crippen LogP contribution in [-0.2, 0) is 4.74 Å². The third-order valence-corrected chi connectivity index (χ3v) is 5.46. The minimum atomic E-state index is -0.164. The maximum absolute atomic E-state index is 12.1. The van der Waals surface area contributed by atoms with Crippen LogP contribution in [0.2, 0.25) is 5.02 Å². The molecule has 28 heavy (non-hydrogen) atoms. The van der Waals surface area contributed by atoms with Gasteiger partial charge in [-0.05, 0) is 57.7 Å². The van der Waals surface area contributed by atoms with E-state index >= 15 is 0 Å². The molecule has 5 nitrogen and oxygen atoms in total. The number of allylic oxidation sites excluding steroid dienone is 1. The van der Waals surface area contributed by atoms with Crippen molar-refractivity contribution in [3.05, 3.63) is 40.9 Å². The second-order valence-electron chi connectivity index (χ2n) is 7.59. The van der Waals surface area contributed by atoms with Crippen molar-refractivity contribution in [2.24, 2.45) is 0 Å². The maximum Gasteiger partial charge on any atom is 0.251 e. The van der Waals surface area contributed by atoms with E-state index in [0.29, 0.717) is 35.5 Å². The third-order valence-electron chi connectivity index (χ3n) is 5.17. The zero-order valence-electron chi connectivity index (χ0n) is 17.3. The molecule has 156 valence electrons. The number of carbonyl (C=O) groups excluding carboxylic acids is 1. The summed E-state index contributed by atoms with van der Waals surface area (Å²) >= 11 is 6.36. The molecule has 6 heteroatoms. The smallest absolute Gasteiger partial charge is 0.251 e. The summed E-state index contributed by atoms with van der Waals surface area (Å²) in [5.74, 6) is 0.478. The van der Waals surface area contributed by atoms with E-state index in [4.69, 9.17) is 21.1 Å². The SMILES string of the molecule is C=C(C)CCC(C)N1CCC(Oc2ccc(C(=O)NCCOC)cc2Cl)CC1. The number of piperidine rings is 1. The fourth-order valence-electron chi connectivity index (χ4n) is 3.36. The lowest BCUT2D eigenvalue weighted by molar-refractivity contribution is 0.0776. The van der Waals surface area contributed by atoms with Crippen LogP contribution >= 0.6 is 11.6 Å². The van der Waals surface area contributed by atoms with E-state index in [1.165, 1.54) is 5.57 Å². The van der Waals surface area contributed by atoms with Crippen LogP contribution in [0.5, 0.6) is 5.75 Å². The van der Waals surface area contributed by atoms with Gasteiger partial charge in [-0.2, -0.15) is 0 Å². The van der Waals surface area contributed by atoms with Gasteiger partial charge in [0.2, 0.25) is 0 Å². The van der Waals surface area contributed by atoms with Crippen LogP contribution in [-0.4, -0.2) is 56.3 Å². The zero-order valence-corrected chi connectivity index (χ0v) is 18.1. The van der Waals surface area contributed by atoms with E-state index in [2.05, 4.69) is 30.6 Å². The van der Waals surface area contributed by atoms with Crippen molar-refractivity contribution in [2.75, 3.05) is 33.4 Å². The average Bonchev–Trinajstić information content (AvgIpc) is 2.68. The van der Waals surface area contributed by atoms with Crippen LogP contribution in [0.1, 0.15) is 49.9 Å². The zero-order chi connectivity index (χ0) is 20.5. The molecular weight excluding hydrogens is 376 g/mol. The molecule has 1 N–H and O–H groups in total. The van der Waals surface area contributed by atoms with E-state index < -0.39 is 0 Å². The van der Waals surface area contributed by atoms with Crippen LogP contribution in [0.25, 0.3) is 0 Å². The molecule has 0 saturated carbocycles. The summed E-state index contributed by atoms with van der Waals surface area (Å²) in [7, 11) is 1.60. The number of hydrogen-bond acceptors (Lipinski definition) is 4. The fraction of sp³-hybridized carbons (Fsp3) is 0.591. The number of amides is 1. The van der Waals surface area contributed by atoms with E-state index in [-0.39, 0.29) is 12.0 Å². The number of hydrogen-bond donors (Lipinski definition) is 1. The average molecular weight is 409 g/mol. The summed E-state index contributed by atoms with van der Waals surface area (Å²) in [4.78, 5) is 14.6. The normalized spacial score (nSPS) is 16.6. The molecule has 1 aliphatic heterocycles. The van der Waals surface area contributed by atoms with Crippen LogP contribution < -0.4 is 10.1 Å². The molecule has 0 aromatic heterocycles. The van der Waals surface area contributed by atoms with Crippen molar-refractivity contribution in [3.8, 4) is 5.75 Å². The molecular formula is C22H33ClN2O3. The highest BCUT2D eigenvalue weighted by molar-refractivity contribution is 6.32. The molecule has 1 aromatic rings. The standard InChI is InChI=1S/C22H33ClN2O3/c1-16(2)5-6-17(3)25-12-9-19(10-13-25)28-21-8-7-18(15-20(21)23)22(26)24-11-14-27-4/h7-8,15,17,19H,1,5-6,9-14H2,2-4H3,(H,24,26). The van der Waals surface area contributed by atoms with Crippen LogP contribution in [0.4, 0.5) is 0 Å². The number of nitrogens with one attached hydrogen (secondary N) is 1. The largest absolute Gasteiger partial charge is 0.489 e. The highest BCUT2D eigenvalue weighted by Crippen LogP contribution is 2.29. The Balaban J connectivity index is 1.83. The second-order valence-corrected chi connectivity index (χ2v) is 8.00. The van der Waals surface area contributed by atoms with Crippen molar-refractivity contribution in [1.82, 2.24) is 10.2 Å². The molecule has 0 radical (unpaired) electrons. The number of ether oxygens (including phenoxy) is 2. The van der Waals surface area contributed by atoms with Gasteiger partial charge in [-0.1, -0.05) is 17.2 Å². The van der Waals surface area contributed by atoms with Gasteiger partial charge in [0.15, 0.2) is 0 Å². The first-order valence-electron chi connectivity index (χ1n) is 10.0. The molecule has 0 aliphatic carbocycles. The Morgan fingerprint density at radius 3 is 2.71 bits per heavy atom. The molecule has 1 amide bonds. The van der Waals surface area contributed by atoms with Gasteiger partial charge in [0.1, 0.15) is 11.9 Å². The lowest BCUT2D eigenvalue weighted by Crippen LogP contribution is -2.43. The van der Waals surface area contributed by atoms with Gasteiger partial charge in [0.05, 0.1) is 11.6 Å². The summed E-state index contributed by atoms with van der Waals surface area (Å²) in [6.45, 7) is 11.4. The van der Waals surface area contributed by atoms with Crippen LogP contribution in [0.3, 0.4) is 0 Å². The molecule has 1 aromatic carbocycles. The lowest BCUT2D eigenvalue weighted by atomic mass is 10.0. The number of methoxy groups -OCH3 is 1. The van der Waals surface area contributed by atoms with Gasteiger partial charge < -0.3 is 19.7 Å². The third kappa shape index (κ3) is 7.12. The summed E-state index contributed by atoms with van der Waals surface area (Å²) < 4.78 is 11.1. The van der Waals surface area contributed by atoms with Crippen molar-refractivity contribution in [3.63, 3.8) is 0 Å². The fourth-order valence-corrected chi connectivity index (χ4v) is 3.58. The van der Waals surface area contributed by atoms with Crippen molar-refractivity contribution in [2.45, 2.75) is 51.7 Å². The minimum Gasteiger partial charge on any atom is -0.489 e. The molecule has 1 atom stereocenters. The monoisotopic (exact) mass is 408 g/mol. The molecule has 1 heterocycles. The number of nitrogens with zero attached hydrogens (tertiary/aromatic N) is 1. The summed E-state index contributed by atoms with van der Waals surface area (Å²) in [5, 5.41) is 3.26. The predicted molar refractivity (Wildman–Crippen MR) is 114 cm³/mol. The van der Waals surface area contributed by atoms with Gasteiger partial charge >= 0.3 is 0 Å². The molecule has 1 fully saturated rings. The van der Waals surface area contributed by atoms with Crippen LogP contribution in [0, 0.1) is 0 Å². The Morgan fingerprint density at radius 2 is 2.11 bits per heavy atom. The Labute approximate surface area is 174 Å². The van der Waals surface area contributed by atoms with Crippen LogP contribution in [0.15, 0.2) is 30.4 Å². The van der Waals surface area contributed by atoms with E-state index in [0.717, 1.165) is 38.8 Å². The molecule has 1 aliphatic rings. The Morgan fingerprint density at radius 1 is 1.39 bits per heavy atom. The first-order chi connectivity index (χ1) is 13.4. The maximum atomic E-state index is 12.1. The highest BCUT2D eigenvalue weighted by Gasteiger charge is 2.24.